The molecule has 2 aliphatic heterocycles. The Morgan fingerprint density at radius 2 is 2.07 bits per heavy atom. The summed E-state index contributed by atoms with van der Waals surface area (Å²) in [5, 5.41) is 3.92. The standard InChI is InChI=1S/C10H19N3OS/c1-11-10(15)13-3-2-9(8-13)12-4-6-14-7-5-12/h9H,2-8H2,1H3,(H,11,15). The van der Waals surface area contributed by atoms with Gasteiger partial charge in [0.25, 0.3) is 0 Å². The van der Waals surface area contributed by atoms with Gasteiger partial charge in [0, 0.05) is 39.3 Å². The quantitative estimate of drug-likeness (QED) is 0.634. The average Bonchev–Trinajstić information content (AvgIpc) is 2.78. The number of likely N-dealkylation sites (tertiary alicyclic amines) is 1. The Balaban J connectivity index is 1.83. The van der Waals surface area contributed by atoms with E-state index in [1.165, 1.54) is 6.42 Å². The first-order valence-corrected chi connectivity index (χ1v) is 6.00. The van der Waals surface area contributed by atoms with Crippen molar-refractivity contribution in [1.29, 1.82) is 0 Å². The van der Waals surface area contributed by atoms with Crippen molar-refractivity contribution < 1.29 is 4.74 Å². The van der Waals surface area contributed by atoms with E-state index in [0.717, 1.165) is 44.5 Å². The molecule has 2 saturated heterocycles. The number of hydrogen-bond acceptors (Lipinski definition) is 3. The van der Waals surface area contributed by atoms with Gasteiger partial charge in [0.1, 0.15) is 0 Å². The van der Waals surface area contributed by atoms with Crippen molar-refractivity contribution in [3.8, 4) is 0 Å². The van der Waals surface area contributed by atoms with Crippen LogP contribution in [0.2, 0.25) is 0 Å². The molecule has 4 nitrogen and oxygen atoms in total. The second kappa shape index (κ2) is 5.09. The molecule has 1 unspecified atom stereocenters. The van der Waals surface area contributed by atoms with Crippen LogP contribution < -0.4 is 5.32 Å². The Bertz CT molecular complexity index is 231. The maximum Gasteiger partial charge on any atom is 0.168 e. The van der Waals surface area contributed by atoms with E-state index in [1.807, 2.05) is 7.05 Å². The molecule has 0 saturated carbocycles. The van der Waals surface area contributed by atoms with Crippen LogP contribution in [-0.4, -0.2) is 67.4 Å². The van der Waals surface area contributed by atoms with Gasteiger partial charge in [-0.25, -0.2) is 0 Å². The van der Waals surface area contributed by atoms with Gasteiger partial charge in [-0.3, -0.25) is 4.90 Å². The summed E-state index contributed by atoms with van der Waals surface area (Å²) >= 11 is 5.24. The molecule has 5 heteroatoms. The Morgan fingerprint density at radius 3 is 2.73 bits per heavy atom. The SMILES string of the molecule is CNC(=S)N1CCC(N2CCOCC2)C1. The lowest BCUT2D eigenvalue weighted by Gasteiger charge is -2.32. The van der Waals surface area contributed by atoms with Gasteiger partial charge in [0.2, 0.25) is 0 Å². The maximum atomic E-state index is 5.36. The molecule has 0 amide bonds. The molecule has 2 heterocycles. The molecule has 0 aromatic rings. The predicted molar refractivity (Wildman–Crippen MR) is 64.0 cm³/mol. The van der Waals surface area contributed by atoms with E-state index in [4.69, 9.17) is 17.0 Å². The molecule has 1 N–H and O–H groups in total. The van der Waals surface area contributed by atoms with Gasteiger partial charge in [-0.05, 0) is 18.6 Å². The minimum atomic E-state index is 0.667. The van der Waals surface area contributed by atoms with Gasteiger partial charge in [-0.1, -0.05) is 0 Å². The zero-order chi connectivity index (χ0) is 10.7. The lowest BCUT2D eigenvalue weighted by molar-refractivity contribution is 0.0195. The van der Waals surface area contributed by atoms with Crippen LogP contribution >= 0.6 is 12.2 Å². The molecule has 2 aliphatic rings. The highest BCUT2D eigenvalue weighted by atomic mass is 32.1. The number of hydrogen-bond donors (Lipinski definition) is 1. The average molecular weight is 229 g/mol. The summed E-state index contributed by atoms with van der Waals surface area (Å²) in [6.45, 7) is 6.07. The van der Waals surface area contributed by atoms with Gasteiger partial charge in [-0.2, -0.15) is 0 Å². The van der Waals surface area contributed by atoms with Crippen LogP contribution in [0.25, 0.3) is 0 Å². The fraction of sp³-hybridized carbons (Fsp3) is 0.900. The molecule has 0 spiro atoms. The second-order valence-corrected chi connectivity index (χ2v) is 4.48. The number of thiocarbonyl (C=S) groups is 1. The molecule has 1 atom stereocenters. The Kier molecular flexibility index (Phi) is 3.77. The summed E-state index contributed by atoms with van der Waals surface area (Å²) in [6.07, 6.45) is 1.22. The van der Waals surface area contributed by atoms with Crippen LogP contribution in [0.5, 0.6) is 0 Å². The Hall–Kier alpha value is -0.390. The van der Waals surface area contributed by atoms with Crippen molar-refractivity contribution in [1.82, 2.24) is 15.1 Å². The molecule has 0 aromatic heterocycles. The number of nitrogens with zero attached hydrogens (tertiary/aromatic N) is 2. The third-order valence-electron chi connectivity index (χ3n) is 3.23. The Morgan fingerprint density at radius 1 is 1.33 bits per heavy atom. The van der Waals surface area contributed by atoms with Crippen molar-refractivity contribution >= 4 is 17.3 Å². The second-order valence-electron chi connectivity index (χ2n) is 4.09. The minimum absolute atomic E-state index is 0.667. The predicted octanol–water partition coefficient (Wildman–Crippen LogP) is -0.103. The number of nitrogens with one attached hydrogen (secondary N) is 1. The maximum absolute atomic E-state index is 5.36. The van der Waals surface area contributed by atoms with E-state index >= 15 is 0 Å². The van der Waals surface area contributed by atoms with Crippen molar-refractivity contribution in [3.63, 3.8) is 0 Å². The molecule has 0 aliphatic carbocycles. The summed E-state index contributed by atoms with van der Waals surface area (Å²) in [7, 11) is 1.89. The zero-order valence-corrected chi connectivity index (χ0v) is 10.1. The molecule has 2 fully saturated rings. The van der Waals surface area contributed by atoms with Gasteiger partial charge in [0.05, 0.1) is 13.2 Å². The molecule has 15 heavy (non-hydrogen) atoms. The molecular weight excluding hydrogens is 210 g/mol. The van der Waals surface area contributed by atoms with Crippen LogP contribution in [0.1, 0.15) is 6.42 Å². The van der Waals surface area contributed by atoms with Crippen LogP contribution in [0.4, 0.5) is 0 Å². The molecule has 86 valence electrons. The van der Waals surface area contributed by atoms with Gasteiger partial charge < -0.3 is 15.0 Å². The van der Waals surface area contributed by atoms with Crippen molar-refractivity contribution in [2.24, 2.45) is 0 Å². The monoisotopic (exact) mass is 229 g/mol. The largest absolute Gasteiger partial charge is 0.379 e. The van der Waals surface area contributed by atoms with Crippen molar-refractivity contribution in [3.05, 3.63) is 0 Å². The van der Waals surface area contributed by atoms with Crippen molar-refractivity contribution in [2.75, 3.05) is 46.4 Å². The first-order valence-electron chi connectivity index (χ1n) is 5.59. The van der Waals surface area contributed by atoms with E-state index in [-0.39, 0.29) is 0 Å². The molecule has 0 bridgehead atoms. The van der Waals surface area contributed by atoms with Crippen molar-refractivity contribution in [2.45, 2.75) is 12.5 Å². The normalized spacial score (nSPS) is 28.1. The number of rotatable bonds is 1. The van der Waals surface area contributed by atoms with E-state index in [1.54, 1.807) is 0 Å². The van der Waals surface area contributed by atoms with E-state index in [0.29, 0.717) is 6.04 Å². The number of ether oxygens (including phenoxy) is 1. The zero-order valence-electron chi connectivity index (χ0n) is 9.24. The first-order chi connectivity index (χ1) is 7.31. The minimum Gasteiger partial charge on any atom is -0.379 e. The molecule has 2 rings (SSSR count). The van der Waals surface area contributed by atoms with E-state index in [9.17, 15) is 0 Å². The number of morpholine rings is 1. The highest BCUT2D eigenvalue weighted by molar-refractivity contribution is 7.80. The topological polar surface area (TPSA) is 27.7 Å². The smallest absolute Gasteiger partial charge is 0.168 e. The van der Waals surface area contributed by atoms with Gasteiger partial charge >= 0.3 is 0 Å². The summed E-state index contributed by atoms with van der Waals surface area (Å²) in [4.78, 5) is 4.79. The highest BCUT2D eigenvalue weighted by Gasteiger charge is 2.29. The first kappa shape index (κ1) is 11.1. The van der Waals surface area contributed by atoms with Gasteiger partial charge in [0.15, 0.2) is 5.11 Å². The lowest BCUT2D eigenvalue weighted by Crippen LogP contribution is -2.45. The molecular formula is C10H19N3OS. The van der Waals surface area contributed by atoms with E-state index < -0.39 is 0 Å². The fourth-order valence-electron chi connectivity index (χ4n) is 2.33. The molecule has 0 radical (unpaired) electrons. The summed E-state index contributed by atoms with van der Waals surface area (Å²) in [6, 6.07) is 0.667. The fourth-order valence-corrected chi connectivity index (χ4v) is 2.49. The molecule has 0 aromatic carbocycles. The van der Waals surface area contributed by atoms with Crippen LogP contribution in [0, 0.1) is 0 Å². The summed E-state index contributed by atoms with van der Waals surface area (Å²) in [5.74, 6) is 0. The summed E-state index contributed by atoms with van der Waals surface area (Å²) < 4.78 is 5.36. The Labute approximate surface area is 96.6 Å². The lowest BCUT2D eigenvalue weighted by atomic mass is 10.2. The highest BCUT2D eigenvalue weighted by Crippen LogP contribution is 2.16. The van der Waals surface area contributed by atoms with E-state index in [2.05, 4.69) is 15.1 Å². The van der Waals surface area contributed by atoms with Crippen LogP contribution in [-0.2, 0) is 4.74 Å². The summed E-state index contributed by atoms with van der Waals surface area (Å²) in [5.41, 5.74) is 0. The van der Waals surface area contributed by atoms with Crippen LogP contribution in [0.15, 0.2) is 0 Å². The van der Waals surface area contributed by atoms with Gasteiger partial charge in [-0.15, -0.1) is 0 Å². The van der Waals surface area contributed by atoms with Crippen LogP contribution in [0.3, 0.4) is 0 Å². The third kappa shape index (κ3) is 2.59. The third-order valence-corrected chi connectivity index (χ3v) is 3.69.